The second-order valence-electron chi connectivity index (χ2n) is 4.37. The van der Waals surface area contributed by atoms with Crippen LogP contribution in [0.25, 0.3) is 0 Å². The van der Waals surface area contributed by atoms with Crippen molar-refractivity contribution in [1.29, 1.82) is 0 Å². The van der Waals surface area contributed by atoms with Gasteiger partial charge in [0.1, 0.15) is 4.34 Å². The number of thioether (sulfide) groups is 1. The molecule has 0 spiro atoms. The van der Waals surface area contributed by atoms with E-state index in [1.165, 1.54) is 16.7 Å². The maximum Gasteiger partial charge on any atom is 0.149 e. The van der Waals surface area contributed by atoms with Gasteiger partial charge in [-0.2, -0.15) is 0 Å². The Hall–Kier alpha value is -0.840. The van der Waals surface area contributed by atoms with Crippen LogP contribution < -0.4 is 5.32 Å². The summed E-state index contributed by atoms with van der Waals surface area (Å²) in [5, 5.41) is 5.41. The molecule has 0 aliphatic heterocycles. The van der Waals surface area contributed by atoms with E-state index in [4.69, 9.17) is 0 Å². The number of aryl methyl sites for hydroxylation is 2. The van der Waals surface area contributed by atoms with Crippen molar-refractivity contribution in [3.05, 3.63) is 46.5 Å². The zero-order chi connectivity index (χ0) is 13.0. The molecule has 0 bridgehead atoms. The normalized spacial score (nSPS) is 12.6. The van der Waals surface area contributed by atoms with Gasteiger partial charge < -0.3 is 5.32 Å². The summed E-state index contributed by atoms with van der Waals surface area (Å²) in [7, 11) is 2.02. The SMILES string of the molecule is CNC(CSc1nccs1)c1cc(C)cc(C)c1. The fourth-order valence-electron chi connectivity index (χ4n) is 1.99. The van der Waals surface area contributed by atoms with E-state index in [1.54, 1.807) is 11.3 Å². The Bertz CT molecular complexity index is 474. The van der Waals surface area contributed by atoms with Gasteiger partial charge in [-0.15, -0.1) is 11.3 Å². The van der Waals surface area contributed by atoms with E-state index in [-0.39, 0.29) is 0 Å². The lowest BCUT2D eigenvalue weighted by Gasteiger charge is -2.17. The minimum absolute atomic E-state index is 0.373. The van der Waals surface area contributed by atoms with Crippen molar-refractivity contribution < 1.29 is 0 Å². The Labute approximate surface area is 117 Å². The molecule has 1 aromatic carbocycles. The van der Waals surface area contributed by atoms with Crippen LogP contribution in [-0.4, -0.2) is 17.8 Å². The highest BCUT2D eigenvalue weighted by Gasteiger charge is 2.11. The highest BCUT2D eigenvalue weighted by Crippen LogP contribution is 2.26. The third-order valence-corrected chi connectivity index (χ3v) is 4.84. The van der Waals surface area contributed by atoms with Crippen molar-refractivity contribution in [3.8, 4) is 0 Å². The lowest BCUT2D eigenvalue weighted by molar-refractivity contribution is 0.660. The molecule has 1 heterocycles. The highest BCUT2D eigenvalue weighted by molar-refractivity contribution is 8.01. The molecule has 1 aromatic heterocycles. The first-order chi connectivity index (χ1) is 8.69. The van der Waals surface area contributed by atoms with E-state index in [0.29, 0.717) is 6.04 Å². The summed E-state index contributed by atoms with van der Waals surface area (Å²) in [6.07, 6.45) is 1.86. The quantitative estimate of drug-likeness (QED) is 0.842. The van der Waals surface area contributed by atoms with Crippen LogP contribution in [0.2, 0.25) is 0 Å². The van der Waals surface area contributed by atoms with Crippen molar-refractivity contribution in [2.24, 2.45) is 0 Å². The van der Waals surface area contributed by atoms with Crippen molar-refractivity contribution in [2.45, 2.75) is 24.2 Å². The number of hydrogen-bond acceptors (Lipinski definition) is 4. The Kier molecular flexibility index (Phi) is 4.80. The molecule has 96 valence electrons. The van der Waals surface area contributed by atoms with Gasteiger partial charge in [-0.3, -0.25) is 0 Å². The Morgan fingerprint density at radius 2 is 2.00 bits per heavy atom. The number of nitrogens with one attached hydrogen (secondary N) is 1. The minimum Gasteiger partial charge on any atom is -0.312 e. The summed E-state index contributed by atoms with van der Waals surface area (Å²) >= 11 is 3.51. The first-order valence-corrected chi connectivity index (χ1v) is 7.83. The molecule has 0 radical (unpaired) electrons. The molecule has 1 unspecified atom stereocenters. The molecule has 4 heteroatoms. The Balaban J connectivity index is 2.07. The lowest BCUT2D eigenvalue weighted by Crippen LogP contribution is -2.19. The molecule has 0 saturated carbocycles. The van der Waals surface area contributed by atoms with Gasteiger partial charge in [-0.05, 0) is 26.5 Å². The van der Waals surface area contributed by atoms with Crippen LogP contribution in [0.3, 0.4) is 0 Å². The molecule has 2 aromatic rings. The first kappa shape index (κ1) is 13.6. The average Bonchev–Trinajstić information content (AvgIpc) is 2.81. The van der Waals surface area contributed by atoms with Gasteiger partial charge in [-0.25, -0.2) is 4.98 Å². The zero-order valence-electron chi connectivity index (χ0n) is 10.9. The third kappa shape index (κ3) is 3.57. The Morgan fingerprint density at radius 3 is 2.56 bits per heavy atom. The summed E-state index contributed by atoms with van der Waals surface area (Å²) in [5.41, 5.74) is 4.01. The average molecular weight is 278 g/mol. The maximum atomic E-state index is 4.30. The summed E-state index contributed by atoms with van der Waals surface area (Å²) in [6, 6.07) is 7.11. The van der Waals surface area contributed by atoms with Gasteiger partial charge in [-0.1, -0.05) is 41.1 Å². The molecule has 0 fully saturated rings. The monoisotopic (exact) mass is 278 g/mol. The summed E-state index contributed by atoms with van der Waals surface area (Å²) < 4.78 is 1.14. The predicted octanol–water partition coefficient (Wildman–Crippen LogP) is 3.81. The standard InChI is InChI=1S/C14H18N2S2/c1-10-6-11(2)8-12(7-10)13(15-3)9-18-14-16-4-5-17-14/h4-8,13,15H,9H2,1-3H3. The van der Waals surface area contributed by atoms with Gasteiger partial charge in [0.2, 0.25) is 0 Å². The molecule has 2 rings (SSSR count). The second kappa shape index (κ2) is 6.36. The van der Waals surface area contributed by atoms with E-state index >= 15 is 0 Å². The van der Waals surface area contributed by atoms with E-state index in [9.17, 15) is 0 Å². The molecule has 0 amide bonds. The summed E-state index contributed by atoms with van der Waals surface area (Å²) in [4.78, 5) is 4.30. The minimum atomic E-state index is 0.373. The van der Waals surface area contributed by atoms with Crippen LogP contribution in [0.1, 0.15) is 22.7 Å². The van der Waals surface area contributed by atoms with Crippen molar-refractivity contribution in [1.82, 2.24) is 10.3 Å². The van der Waals surface area contributed by atoms with Crippen molar-refractivity contribution in [3.63, 3.8) is 0 Å². The number of aromatic nitrogens is 1. The first-order valence-electron chi connectivity index (χ1n) is 5.97. The smallest absolute Gasteiger partial charge is 0.149 e. The van der Waals surface area contributed by atoms with Crippen LogP contribution in [-0.2, 0) is 0 Å². The molecule has 1 N–H and O–H groups in total. The number of benzene rings is 1. The number of nitrogens with zero attached hydrogens (tertiary/aromatic N) is 1. The molecular weight excluding hydrogens is 260 g/mol. The fraction of sp³-hybridized carbons (Fsp3) is 0.357. The van der Waals surface area contributed by atoms with Crippen LogP contribution in [0, 0.1) is 13.8 Å². The molecule has 0 aliphatic rings. The highest BCUT2D eigenvalue weighted by atomic mass is 32.2. The van der Waals surface area contributed by atoms with Crippen molar-refractivity contribution in [2.75, 3.05) is 12.8 Å². The molecule has 2 nitrogen and oxygen atoms in total. The fourth-order valence-corrected chi connectivity index (χ4v) is 3.80. The predicted molar refractivity (Wildman–Crippen MR) is 80.6 cm³/mol. The van der Waals surface area contributed by atoms with Crippen LogP contribution in [0.5, 0.6) is 0 Å². The second-order valence-corrected chi connectivity index (χ2v) is 6.53. The third-order valence-electron chi connectivity index (χ3n) is 2.78. The maximum absolute atomic E-state index is 4.30. The summed E-state index contributed by atoms with van der Waals surface area (Å²) in [5.74, 6) is 1.01. The van der Waals surface area contributed by atoms with E-state index in [1.807, 2.05) is 30.4 Å². The zero-order valence-corrected chi connectivity index (χ0v) is 12.6. The lowest BCUT2D eigenvalue weighted by atomic mass is 10.0. The molecule has 0 aliphatic carbocycles. The van der Waals surface area contributed by atoms with E-state index in [0.717, 1.165) is 10.1 Å². The van der Waals surface area contributed by atoms with Gasteiger partial charge in [0.15, 0.2) is 0 Å². The molecule has 18 heavy (non-hydrogen) atoms. The van der Waals surface area contributed by atoms with Gasteiger partial charge in [0, 0.05) is 23.4 Å². The van der Waals surface area contributed by atoms with E-state index < -0.39 is 0 Å². The molecular formula is C14H18N2S2. The van der Waals surface area contributed by atoms with Crippen LogP contribution in [0.4, 0.5) is 0 Å². The van der Waals surface area contributed by atoms with Gasteiger partial charge in [0.25, 0.3) is 0 Å². The summed E-state index contributed by atoms with van der Waals surface area (Å²) in [6.45, 7) is 4.30. The topological polar surface area (TPSA) is 24.9 Å². The van der Waals surface area contributed by atoms with Crippen molar-refractivity contribution >= 4 is 23.1 Å². The number of thiazole rings is 1. The number of hydrogen-bond donors (Lipinski definition) is 1. The van der Waals surface area contributed by atoms with Crippen LogP contribution >= 0.6 is 23.1 Å². The molecule has 0 saturated heterocycles. The molecule has 1 atom stereocenters. The Morgan fingerprint density at radius 1 is 1.28 bits per heavy atom. The largest absolute Gasteiger partial charge is 0.312 e. The van der Waals surface area contributed by atoms with E-state index in [2.05, 4.69) is 42.3 Å². The van der Waals surface area contributed by atoms with Crippen LogP contribution in [0.15, 0.2) is 34.1 Å². The number of rotatable bonds is 5. The van der Waals surface area contributed by atoms with Gasteiger partial charge in [0.05, 0.1) is 0 Å². The van der Waals surface area contributed by atoms with Gasteiger partial charge >= 0.3 is 0 Å².